The summed E-state index contributed by atoms with van der Waals surface area (Å²) in [6.45, 7) is 0.948. The van der Waals surface area contributed by atoms with Crippen molar-refractivity contribution in [3.63, 3.8) is 0 Å². The van der Waals surface area contributed by atoms with Crippen LogP contribution in [0.5, 0.6) is 17.2 Å². The number of phenols is 1. The van der Waals surface area contributed by atoms with Crippen molar-refractivity contribution in [2.75, 3.05) is 20.8 Å². The Morgan fingerprint density at radius 1 is 1.10 bits per heavy atom. The van der Waals surface area contributed by atoms with Crippen LogP contribution in [0.3, 0.4) is 0 Å². The largest absolute Gasteiger partial charge is 0.507 e. The maximum Gasteiger partial charge on any atom is 0.202 e. The number of aliphatic hydroxyl groups excluding tert-OH is 2. The number of rotatable bonds is 6. The maximum atomic E-state index is 13.8. The van der Waals surface area contributed by atoms with Crippen LogP contribution in [0.15, 0.2) is 18.2 Å². The van der Waals surface area contributed by atoms with Gasteiger partial charge in [0.25, 0.3) is 0 Å². The first-order chi connectivity index (χ1) is 18.6. The molecule has 1 aliphatic heterocycles. The van der Waals surface area contributed by atoms with Crippen molar-refractivity contribution in [2.45, 2.75) is 56.8 Å². The zero-order valence-corrected chi connectivity index (χ0v) is 21.8. The normalized spacial score (nSPS) is 27.8. The van der Waals surface area contributed by atoms with Crippen molar-refractivity contribution >= 4 is 17.3 Å². The average molecular weight is 542 g/mol. The van der Waals surface area contributed by atoms with E-state index >= 15 is 0 Å². The molecule has 0 aromatic heterocycles. The first-order valence-electron chi connectivity index (χ1n) is 12.7. The second kappa shape index (κ2) is 10.3. The third kappa shape index (κ3) is 4.30. The summed E-state index contributed by atoms with van der Waals surface area (Å²) in [5.41, 5.74) is 6.38. The Morgan fingerprint density at radius 2 is 1.85 bits per heavy atom. The van der Waals surface area contributed by atoms with E-state index in [2.05, 4.69) is 0 Å². The molecule has 0 spiro atoms. The van der Waals surface area contributed by atoms with Crippen LogP contribution in [-0.4, -0.2) is 78.0 Å². The van der Waals surface area contributed by atoms with E-state index in [1.807, 2.05) is 0 Å². The Bertz CT molecular complexity index is 1340. The second-order valence-corrected chi connectivity index (χ2v) is 10.1. The van der Waals surface area contributed by atoms with Gasteiger partial charge in [-0.15, -0.1) is 0 Å². The summed E-state index contributed by atoms with van der Waals surface area (Å²) in [5.74, 6) is -2.54. The number of benzene rings is 2. The van der Waals surface area contributed by atoms with Crippen molar-refractivity contribution in [1.29, 1.82) is 0 Å². The van der Waals surface area contributed by atoms with Gasteiger partial charge in [0.1, 0.15) is 23.9 Å². The summed E-state index contributed by atoms with van der Waals surface area (Å²) in [4.78, 5) is 40.2. The molecule has 208 valence electrons. The zero-order chi connectivity index (χ0) is 28.2. The number of aromatic hydroxyl groups is 1. The molecule has 0 saturated carbocycles. The highest BCUT2D eigenvalue weighted by atomic mass is 16.7. The Labute approximate surface area is 224 Å². The number of methoxy groups -OCH3 is 2. The van der Waals surface area contributed by atoms with Crippen LogP contribution in [0.25, 0.3) is 0 Å². The Hall–Kier alpha value is -3.35. The van der Waals surface area contributed by atoms with Gasteiger partial charge in [-0.1, -0.05) is 12.1 Å². The van der Waals surface area contributed by atoms with E-state index < -0.39 is 66.3 Å². The van der Waals surface area contributed by atoms with E-state index in [1.165, 1.54) is 20.3 Å². The van der Waals surface area contributed by atoms with Crippen LogP contribution >= 0.6 is 0 Å². The summed E-state index contributed by atoms with van der Waals surface area (Å²) >= 11 is 0. The molecule has 5 rings (SSSR count). The standard InChI is InChI=1S/C28H31NO10/c1-11-24(32)15(29)9-19(38-11)39-18-8-12(16(31)10-30)7-14-21(18)27(35)22-23(28(14)37-3)25(33)13-5-4-6-17(36-2)20(13)26(22)34/h4-6,11-12,15,18-19,24,30,32,35H,7-10,29H2,1-3H3/t11-,12+,15-,18-,19-,24+/m0/s1. The summed E-state index contributed by atoms with van der Waals surface area (Å²) in [5, 5.41) is 31.4. The molecule has 2 aliphatic carbocycles. The quantitative estimate of drug-likeness (QED) is 0.353. The Morgan fingerprint density at radius 3 is 2.49 bits per heavy atom. The van der Waals surface area contributed by atoms with Gasteiger partial charge < -0.3 is 40.0 Å². The van der Waals surface area contributed by atoms with Gasteiger partial charge in [0, 0.05) is 35.1 Å². The molecule has 0 amide bonds. The van der Waals surface area contributed by atoms with E-state index in [1.54, 1.807) is 19.1 Å². The number of nitrogens with two attached hydrogens (primary N) is 1. The second-order valence-electron chi connectivity index (χ2n) is 10.1. The number of aliphatic hydroxyl groups is 2. The molecule has 6 atom stereocenters. The third-order valence-corrected chi connectivity index (χ3v) is 7.89. The average Bonchev–Trinajstić information content (AvgIpc) is 2.93. The van der Waals surface area contributed by atoms with Gasteiger partial charge in [0.15, 0.2) is 17.9 Å². The van der Waals surface area contributed by atoms with E-state index in [0.29, 0.717) is 5.56 Å². The highest BCUT2D eigenvalue weighted by Gasteiger charge is 2.45. The highest BCUT2D eigenvalue weighted by Crippen LogP contribution is 2.52. The van der Waals surface area contributed by atoms with Crippen molar-refractivity contribution < 1.29 is 48.7 Å². The number of carbonyl (C=O) groups excluding carboxylic acids is 3. The number of hydrogen-bond acceptors (Lipinski definition) is 11. The van der Waals surface area contributed by atoms with Gasteiger partial charge in [-0.3, -0.25) is 14.4 Å². The molecule has 11 nitrogen and oxygen atoms in total. The molecule has 11 heteroatoms. The number of Topliss-reactive ketones (excluding diaryl/α,β-unsaturated/α-hetero) is 1. The molecular weight excluding hydrogens is 510 g/mol. The van der Waals surface area contributed by atoms with Crippen molar-refractivity contribution in [3.8, 4) is 17.2 Å². The number of hydrogen-bond donors (Lipinski definition) is 4. The Balaban J connectivity index is 1.69. The van der Waals surface area contributed by atoms with Gasteiger partial charge in [-0.05, 0) is 25.8 Å². The molecule has 3 aliphatic rings. The molecule has 2 aromatic carbocycles. The third-order valence-electron chi connectivity index (χ3n) is 7.89. The minimum Gasteiger partial charge on any atom is -0.507 e. The lowest BCUT2D eigenvalue weighted by atomic mass is 9.73. The summed E-state index contributed by atoms with van der Waals surface area (Å²) < 4.78 is 23.0. The number of ketones is 3. The molecule has 5 N–H and O–H groups in total. The molecule has 1 saturated heterocycles. The fraction of sp³-hybridized carbons (Fsp3) is 0.464. The molecule has 1 fully saturated rings. The van der Waals surface area contributed by atoms with Crippen molar-refractivity contribution in [1.82, 2.24) is 0 Å². The predicted molar refractivity (Wildman–Crippen MR) is 135 cm³/mol. The summed E-state index contributed by atoms with van der Waals surface area (Å²) in [6.07, 6.45) is -3.14. The van der Waals surface area contributed by atoms with Gasteiger partial charge in [-0.2, -0.15) is 0 Å². The maximum absolute atomic E-state index is 13.8. The van der Waals surface area contributed by atoms with Crippen LogP contribution in [0.4, 0.5) is 0 Å². The lowest BCUT2D eigenvalue weighted by Crippen LogP contribution is -2.52. The summed E-state index contributed by atoms with van der Waals surface area (Å²) in [7, 11) is 2.72. The van der Waals surface area contributed by atoms with Crippen molar-refractivity contribution in [3.05, 3.63) is 51.6 Å². The smallest absolute Gasteiger partial charge is 0.202 e. The highest BCUT2D eigenvalue weighted by molar-refractivity contribution is 6.31. The number of fused-ring (bicyclic) bond motifs is 3. The van der Waals surface area contributed by atoms with Crippen LogP contribution in [-0.2, 0) is 20.7 Å². The molecular formula is C28H31NO10. The van der Waals surface area contributed by atoms with Gasteiger partial charge in [0.2, 0.25) is 5.78 Å². The van der Waals surface area contributed by atoms with E-state index in [9.17, 15) is 29.7 Å². The van der Waals surface area contributed by atoms with Crippen molar-refractivity contribution in [2.24, 2.45) is 11.7 Å². The molecule has 1 heterocycles. The van der Waals surface area contributed by atoms with Crippen LogP contribution in [0.1, 0.15) is 68.8 Å². The fourth-order valence-electron chi connectivity index (χ4n) is 5.94. The number of phenolic OH excluding ortho intramolecular Hbond substituents is 1. The fourth-order valence-corrected chi connectivity index (χ4v) is 5.94. The molecule has 0 bridgehead atoms. The summed E-state index contributed by atoms with van der Waals surface area (Å²) in [6, 6.07) is 4.01. The van der Waals surface area contributed by atoms with Crippen LogP contribution < -0.4 is 15.2 Å². The Kier molecular flexibility index (Phi) is 7.21. The SMILES string of the molecule is COc1cccc2c1C(=O)c1c(O)c3c(c(OC)c1C2=O)C[C@@H](C(=O)CO)C[C@@H]3O[C@H]1C[C@H](N)[C@H](O)[C@H](C)O1. The van der Waals surface area contributed by atoms with Gasteiger partial charge in [-0.25, -0.2) is 0 Å². The lowest BCUT2D eigenvalue weighted by molar-refractivity contribution is -0.243. The van der Waals surface area contributed by atoms with Gasteiger partial charge >= 0.3 is 0 Å². The number of ether oxygens (including phenoxy) is 4. The number of carbonyl (C=O) groups is 3. The van der Waals surface area contributed by atoms with E-state index in [0.717, 1.165) is 0 Å². The van der Waals surface area contributed by atoms with Crippen LogP contribution in [0, 0.1) is 5.92 Å². The minimum absolute atomic E-state index is 0.0285. The van der Waals surface area contributed by atoms with E-state index in [-0.39, 0.29) is 58.6 Å². The minimum atomic E-state index is -0.977. The van der Waals surface area contributed by atoms with E-state index in [4.69, 9.17) is 24.7 Å². The molecule has 2 aromatic rings. The van der Waals surface area contributed by atoms with Gasteiger partial charge in [0.05, 0.1) is 49.2 Å². The first kappa shape index (κ1) is 27.2. The monoisotopic (exact) mass is 541 g/mol. The zero-order valence-electron chi connectivity index (χ0n) is 21.8. The molecule has 0 radical (unpaired) electrons. The topological polar surface area (TPSA) is 175 Å². The molecule has 0 unspecified atom stereocenters. The lowest BCUT2D eigenvalue weighted by Gasteiger charge is -2.40. The first-order valence-corrected chi connectivity index (χ1v) is 12.7. The molecule has 39 heavy (non-hydrogen) atoms. The van der Waals surface area contributed by atoms with Crippen LogP contribution in [0.2, 0.25) is 0 Å². The predicted octanol–water partition coefficient (Wildman–Crippen LogP) is 1.19.